The predicted molar refractivity (Wildman–Crippen MR) is 133 cm³/mol. The summed E-state index contributed by atoms with van der Waals surface area (Å²) in [7, 11) is 0. The Kier molecular flexibility index (Phi) is 7.91. The molecule has 0 unspecified atom stereocenters. The zero-order valence-corrected chi connectivity index (χ0v) is 19.2. The minimum Gasteiger partial charge on any atom is -0.484 e. The Bertz CT molecular complexity index is 1090. The fraction of sp³-hybridized carbons (Fsp3) is 0.259. The molecule has 7 heteroatoms. The van der Waals surface area contributed by atoms with E-state index in [1.807, 2.05) is 12.1 Å². The highest BCUT2D eigenvalue weighted by atomic mass is 16.5. The molecule has 1 aliphatic rings. The van der Waals surface area contributed by atoms with Gasteiger partial charge in [-0.2, -0.15) is 0 Å². The third kappa shape index (κ3) is 6.91. The maximum Gasteiger partial charge on any atom is 0.255 e. The number of benzene rings is 3. The normalized spacial score (nSPS) is 14.5. The second-order valence-corrected chi connectivity index (χ2v) is 8.47. The maximum absolute atomic E-state index is 12.6. The quantitative estimate of drug-likeness (QED) is 0.514. The second kappa shape index (κ2) is 11.4. The van der Waals surface area contributed by atoms with Crippen LogP contribution >= 0.6 is 0 Å². The van der Waals surface area contributed by atoms with Crippen LogP contribution in [0.2, 0.25) is 0 Å². The number of nitrogens with two attached hydrogens (primary N) is 1. The summed E-state index contributed by atoms with van der Waals surface area (Å²) in [5, 5.41) is 2.90. The van der Waals surface area contributed by atoms with Crippen LogP contribution in [0.1, 0.15) is 21.5 Å². The average Bonchev–Trinajstić information content (AvgIpc) is 2.86. The van der Waals surface area contributed by atoms with E-state index in [9.17, 15) is 9.59 Å². The molecule has 0 spiro atoms. The molecule has 0 aliphatic carbocycles. The molecule has 2 amide bonds. The van der Waals surface area contributed by atoms with E-state index in [0.29, 0.717) is 11.3 Å². The van der Waals surface area contributed by atoms with Crippen LogP contribution in [0.25, 0.3) is 0 Å². The molecule has 3 aromatic carbocycles. The fourth-order valence-corrected chi connectivity index (χ4v) is 3.98. The van der Waals surface area contributed by atoms with Gasteiger partial charge in [0.15, 0.2) is 6.61 Å². The lowest BCUT2D eigenvalue weighted by Crippen LogP contribution is -2.45. The Labute approximate surface area is 200 Å². The molecule has 3 N–H and O–H groups in total. The highest BCUT2D eigenvalue weighted by Crippen LogP contribution is 2.17. The standard InChI is InChI=1S/C27H30N4O3/c28-26(32)20-34-25-8-4-7-23(17-25)27(33)29-24-11-9-22(10-12-24)19-31-15-13-30(14-16-31)18-21-5-2-1-3-6-21/h1-12,17H,13-16,18-20H2,(H2,28,32)(H,29,33). The first-order valence-corrected chi connectivity index (χ1v) is 11.5. The van der Waals surface area contributed by atoms with Gasteiger partial charge in [0, 0.05) is 50.5 Å². The van der Waals surface area contributed by atoms with Gasteiger partial charge >= 0.3 is 0 Å². The molecule has 176 valence electrons. The molecular weight excluding hydrogens is 428 g/mol. The van der Waals surface area contributed by atoms with Crippen molar-refractivity contribution in [1.29, 1.82) is 0 Å². The van der Waals surface area contributed by atoms with Crippen LogP contribution < -0.4 is 15.8 Å². The zero-order valence-electron chi connectivity index (χ0n) is 19.2. The van der Waals surface area contributed by atoms with Crippen LogP contribution in [0.3, 0.4) is 0 Å². The van der Waals surface area contributed by atoms with Gasteiger partial charge in [0.2, 0.25) is 0 Å². The van der Waals surface area contributed by atoms with Gasteiger partial charge in [-0.3, -0.25) is 19.4 Å². The van der Waals surface area contributed by atoms with E-state index >= 15 is 0 Å². The van der Waals surface area contributed by atoms with Gasteiger partial charge in [-0.15, -0.1) is 0 Å². The fourth-order valence-electron chi connectivity index (χ4n) is 3.98. The predicted octanol–water partition coefficient (Wildman–Crippen LogP) is 3.12. The van der Waals surface area contributed by atoms with Crippen molar-refractivity contribution in [3.63, 3.8) is 0 Å². The topological polar surface area (TPSA) is 87.9 Å². The number of ether oxygens (including phenoxy) is 1. The number of hydrogen-bond acceptors (Lipinski definition) is 5. The number of amides is 2. The first kappa shape index (κ1) is 23.5. The lowest BCUT2D eigenvalue weighted by Gasteiger charge is -2.34. The summed E-state index contributed by atoms with van der Waals surface area (Å²) >= 11 is 0. The summed E-state index contributed by atoms with van der Waals surface area (Å²) in [4.78, 5) is 28.4. The van der Waals surface area contributed by atoms with Crippen LogP contribution in [-0.4, -0.2) is 54.4 Å². The van der Waals surface area contributed by atoms with Crippen LogP contribution in [-0.2, 0) is 17.9 Å². The molecule has 34 heavy (non-hydrogen) atoms. The van der Waals surface area contributed by atoms with E-state index in [-0.39, 0.29) is 12.5 Å². The molecule has 0 radical (unpaired) electrons. The van der Waals surface area contributed by atoms with Gasteiger partial charge in [-0.1, -0.05) is 48.5 Å². The van der Waals surface area contributed by atoms with Crippen LogP contribution in [0.15, 0.2) is 78.9 Å². The van der Waals surface area contributed by atoms with Crippen molar-refractivity contribution in [2.75, 3.05) is 38.1 Å². The van der Waals surface area contributed by atoms with Gasteiger partial charge in [0.05, 0.1) is 0 Å². The number of nitrogens with zero attached hydrogens (tertiary/aromatic N) is 2. The van der Waals surface area contributed by atoms with E-state index in [1.54, 1.807) is 24.3 Å². The number of hydrogen-bond donors (Lipinski definition) is 2. The van der Waals surface area contributed by atoms with E-state index in [2.05, 4.69) is 57.6 Å². The van der Waals surface area contributed by atoms with Gasteiger partial charge < -0.3 is 15.8 Å². The summed E-state index contributed by atoms with van der Waals surface area (Å²) in [6.07, 6.45) is 0. The molecule has 7 nitrogen and oxygen atoms in total. The SMILES string of the molecule is NC(=O)COc1cccc(C(=O)Nc2ccc(CN3CCN(Cc4ccccc4)CC3)cc2)c1. The summed E-state index contributed by atoms with van der Waals surface area (Å²) in [6.45, 7) is 5.87. The van der Waals surface area contributed by atoms with Gasteiger partial charge in [0.25, 0.3) is 11.8 Å². The third-order valence-electron chi connectivity index (χ3n) is 5.81. The molecule has 1 aliphatic heterocycles. The Morgan fingerprint density at radius 3 is 2.03 bits per heavy atom. The molecule has 3 aromatic rings. The number of carbonyl (C=O) groups is 2. The van der Waals surface area contributed by atoms with Crippen LogP contribution in [0, 0.1) is 0 Å². The molecule has 0 bridgehead atoms. The van der Waals surface area contributed by atoms with Gasteiger partial charge in [-0.25, -0.2) is 0 Å². The summed E-state index contributed by atoms with van der Waals surface area (Å²) in [6, 6.07) is 25.2. The van der Waals surface area contributed by atoms with E-state index in [4.69, 9.17) is 10.5 Å². The Morgan fingerprint density at radius 1 is 0.794 bits per heavy atom. The second-order valence-electron chi connectivity index (χ2n) is 8.47. The minimum atomic E-state index is -0.566. The number of rotatable bonds is 9. The van der Waals surface area contributed by atoms with Crippen molar-refractivity contribution in [1.82, 2.24) is 9.80 Å². The monoisotopic (exact) mass is 458 g/mol. The van der Waals surface area contributed by atoms with Crippen LogP contribution in [0.4, 0.5) is 5.69 Å². The number of nitrogens with one attached hydrogen (secondary N) is 1. The molecule has 0 atom stereocenters. The van der Waals surface area contributed by atoms with Crippen molar-refractivity contribution in [2.24, 2.45) is 5.73 Å². The highest BCUT2D eigenvalue weighted by molar-refractivity contribution is 6.04. The minimum absolute atomic E-state index is 0.228. The average molecular weight is 459 g/mol. The summed E-state index contributed by atoms with van der Waals surface area (Å²) in [5.41, 5.74) is 8.85. The Hall–Kier alpha value is -3.68. The maximum atomic E-state index is 12.6. The first-order chi connectivity index (χ1) is 16.5. The van der Waals surface area contributed by atoms with Crippen molar-refractivity contribution in [3.05, 3.63) is 95.6 Å². The van der Waals surface area contributed by atoms with Crippen molar-refractivity contribution >= 4 is 17.5 Å². The zero-order chi connectivity index (χ0) is 23.8. The number of carbonyl (C=O) groups excluding carboxylic acids is 2. The molecule has 0 saturated carbocycles. The smallest absolute Gasteiger partial charge is 0.255 e. The molecule has 1 saturated heterocycles. The van der Waals surface area contributed by atoms with Crippen molar-refractivity contribution in [2.45, 2.75) is 13.1 Å². The molecule has 1 fully saturated rings. The molecular formula is C27H30N4O3. The van der Waals surface area contributed by atoms with Crippen LogP contribution in [0.5, 0.6) is 5.75 Å². The molecule has 1 heterocycles. The number of anilines is 1. The lowest BCUT2D eigenvalue weighted by atomic mass is 10.1. The number of primary amides is 1. The van der Waals surface area contributed by atoms with Gasteiger partial charge in [-0.05, 0) is 41.5 Å². The third-order valence-corrected chi connectivity index (χ3v) is 5.81. The van der Waals surface area contributed by atoms with E-state index in [1.165, 1.54) is 11.1 Å². The van der Waals surface area contributed by atoms with E-state index < -0.39 is 5.91 Å². The van der Waals surface area contributed by atoms with E-state index in [0.717, 1.165) is 45.0 Å². The molecule has 0 aromatic heterocycles. The largest absolute Gasteiger partial charge is 0.484 e. The highest BCUT2D eigenvalue weighted by Gasteiger charge is 2.17. The molecule has 4 rings (SSSR count). The number of piperazine rings is 1. The summed E-state index contributed by atoms with van der Waals surface area (Å²) < 4.78 is 5.27. The van der Waals surface area contributed by atoms with Gasteiger partial charge in [0.1, 0.15) is 5.75 Å². The van der Waals surface area contributed by atoms with Crippen molar-refractivity contribution in [3.8, 4) is 5.75 Å². The lowest BCUT2D eigenvalue weighted by molar-refractivity contribution is -0.119. The Morgan fingerprint density at radius 2 is 1.41 bits per heavy atom. The Balaban J connectivity index is 1.25. The summed E-state index contributed by atoms with van der Waals surface area (Å²) in [5.74, 6) is -0.388. The first-order valence-electron chi connectivity index (χ1n) is 11.5. The van der Waals surface area contributed by atoms with Crippen molar-refractivity contribution < 1.29 is 14.3 Å².